The van der Waals surface area contributed by atoms with Gasteiger partial charge in [-0.25, -0.2) is 4.79 Å². The fourth-order valence-electron chi connectivity index (χ4n) is 2.32. The summed E-state index contributed by atoms with van der Waals surface area (Å²) in [5.74, 6) is -3.17. The molecule has 25 heavy (non-hydrogen) atoms. The minimum atomic E-state index is -1.22. The van der Waals surface area contributed by atoms with Crippen LogP contribution in [-0.4, -0.2) is 44.6 Å². The van der Waals surface area contributed by atoms with Gasteiger partial charge in [0.25, 0.3) is 5.91 Å². The van der Waals surface area contributed by atoms with Gasteiger partial charge >= 0.3 is 6.03 Å². The molecule has 128 valence electrons. The summed E-state index contributed by atoms with van der Waals surface area (Å²) in [5, 5.41) is 13.4. The number of hydrogen-bond acceptors (Lipinski definition) is 7. The molecule has 2 aliphatic heterocycles. The third-order valence-electron chi connectivity index (χ3n) is 3.51. The van der Waals surface area contributed by atoms with E-state index in [-0.39, 0.29) is 16.6 Å². The first-order chi connectivity index (χ1) is 11.8. The molecule has 0 aliphatic carbocycles. The Bertz CT molecular complexity index is 831. The summed E-state index contributed by atoms with van der Waals surface area (Å²) in [6.45, 7) is -0.257. The van der Waals surface area contributed by atoms with E-state index in [1.54, 1.807) is 18.2 Å². The highest BCUT2D eigenvalue weighted by Gasteiger charge is 2.40. The maximum Gasteiger partial charge on any atom is 0.328 e. The molecule has 5 amide bonds. The Balaban J connectivity index is 1.79. The fraction of sp³-hybridized carbons (Fsp3) is 0.133. The third-order valence-corrected chi connectivity index (χ3v) is 4.89. The van der Waals surface area contributed by atoms with E-state index >= 15 is 0 Å². The van der Waals surface area contributed by atoms with Gasteiger partial charge in [-0.15, -0.1) is 0 Å². The average Bonchev–Trinajstić information content (AvgIpc) is 2.77. The number of carbonyl (C=O) groups excluding carboxylic acids is 4. The highest BCUT2D eigenvalue weighted by molar-refractivity contribution is 8.26. The highest BCUT2D eigenvalue weighted by Crippen LogP contribution is 2.33. The van der Waals surface area contributed by atoms with Crippen LogP contribution < -0.4 is 10.6 Å². The van der Waals surface area contributed by atoms with E-state index in [1.165, 1.54) is 12.1 Å². The Morgan fingerprint density at radius 2 is 1.88 bits per heavy atom. The summed E-state index contributed by atoms with van der Waals surface area (Å²) in [6.07, 6.45) is 1.56. The molecule has 8 nitrogen and oxygen atoms in total. The number of thiocarbonyl (C=S) groups is 1. The number of imide groups is 2. The summed E-state index contributed by atoms with van der Waals surface area (Å²) < 4.78 is 0.203. The van der Waals surface area contributed by atoms with E-state index in [4.69, 9.17) is 12.2 Å². The Hall–Kier alpha value is -2.72. The zero-order chi connectivity index (χ0) is 18.1. The van der Waals surface area contributed by atoms with E-state index in [9.17, 15) is 24.3 Å². The van der Waals surface area contributed by atoms with Crippen molar-refractivity contribution in [1.82, 2.24) is 15.5 Å². The van der Waals surface area contributed by atoms with E-state index < -0.39 is 29.7 Å². The molecule has 0 atom stereocenters. The monoisotopic (exact) mass is 377 g/mol. The molecule has 1 aromatic rings. The number of amides is 5. The van der Waals surface area contributed by atoms with Gasteiger partial charge in [0.15, 0.2) is 0 Å². The van der Waals surface area contributed by atoms with E-state index in [2.05, 4.69) is 0 Å². The first-order valence-electron chi connectivity index (χ1n) is 7.05. The SMILES string of the molecule is O=C1NC(=O)C(CN2C(=O)/C(=C/c3cccc(O)c3)SC2=S)C(=O)N1. The molecule has 2 fully saturated rings. The summed E-state index contributed by atoms with van der Waals surface area (Å²) in [6, 6.07) is 5.44. The number of barbiturate groups is 1. The van der Waals surface area contributed by atoms with Gasteiger partial charge < -0.3 is 5.11 Å². The van der Waals surface area contributed by atoms with Crippen LogP contribution in [0.15, 0.2) is 29.2 Å². The van der Waals surface area contributed by atoms with Gasteiger partial charge in [0.2, 0.25) is 11.8 Å². The molecule has 1 aromatic carbocycles. The van der Waals surface area contributed by atoms with Crippen LogP contribution in [0.25, 0.3) is 6.08 Å². The number of nitrogens with zero attached hydrogens (tertiary/aromatic N) is 1. The molecule has 3 N–H and O–H groups in total. The number of rotatable bonds is 3. The fourth-order valence-corrected chi connectivity index (χ4v) is 3.60. The smallest absolute Gasteiger partial charge is 0.328 e. The molecule has 2 aliphatic rings. The molecule has 2 saturated heterocycles. The first-order valence-corrected chi connectivity index (χ1v) is 8.27. The topological polar surface area (TPSA) is 116 Å². The van der Waals surface area contributed by atoms with Gasteiger partial charge in [0.05, 0.1) is 4.91 Å². The van der Waals surface area contributed by atoms with Crippen LogP contribution in [0.5, 0.6) is 5.75 Å². The van der Waals surface area contributed by atoms with Gasteiger partial charge in [0.1, 0.15) is 16.0 Å². The number of carbonyl (C=O) groups is 4. The van der Waals surface area contributed by atoms with E-state index in [1.807, 2.05) is 10.6 Å². The Kier molecular flexibility index (Phi) is 4.55. The second-order valence-electron chi connectivity index (χ2n) is 5.25. The van der Waals surface area contributed by atoms with Crippen molar-refractivity contribution in [1.29, 1.82) is 0 Å². The second-order valence-corrected chi connectivity index (χ2v) is 6.92. The van der Waals surface area contributed by atoms with Crippen LogP contribution in [0.2, 0.25) is 0 Å². The van der Waals surface area contributed by atoms with Gasteiger partial charge in [-0.05, 0) is 23.8 Å². The van der Waals surface area contributed by atoms with Gasteiger partial charge in [0, 0.05) is 6.54 Å². The lowest BCUT2D eigenvalue weighted by Gasteiger charge is -2.24. The summed E-state index contributed by atoms with van der Waals surface area (Å²) in [4.78, 5) is 48.6. The van der Waals surface area contributed by atoms with E-state index in [0.717, 1.165) is 16.7 Å². The van der Waals surface area contributed by atoms with Crippen molar-refractivity contribution in [3.63, 3.8) is 0 Å². The summed E-state index contributed by atoms with van der Waals surface area (Å²) >= 11 is 6.18. The summed E-state index contributed by atoms with van der Waals surface area (Å²) in [7, 11) is 0. The number of nitrogens with one attached hydrogen (secondary N) is 2. The third kappa shape index (κ3) is 3.54. The predicted molar refractivity (Wildman–Crippen MR) is 93.2 cm³/mol. The number of aromatic hydroxyl groups is 1. The number of hydrogen-bond donors (Lipinski definition) is 3. The van der Waals surface area contributed by atoms with Crippen LogP contribution in [0.1, 0.15) is 5.56 Å². The van der Waals surface area contributed by atoms with Gasteiger partial charge in [-0.1, -0.05) is 36.1 Å². The van der Waals surface area contributed by atoms with Crippen LogP contribution in [0.3, 0.4) is 0 Å². The van der Waals surface area contributed by atoms with Crippen LogP contribution in [-0.2, 0) is 14.4 Å². The minimum Gasteiger partial charge on any atom is -0.508 e. The molecule has 0 unspecified atom stereocenters. The molecule has 0 bridgehead atoms. The van der Waals surface area contributed by atoms with E-state index in [0.29, 0.717) is 10.5 Å². The van der Waals surface area contributed by atoms with Crippen molar-refractivity contribution in [3.05, 3.63) is 34.7 Å². The number of phenolic OH excluding ortho intramolecular Hbond substituents is 1. The molecule has 0 aromatic heterocycles. The molecule has 3 rings (SSSR count). The predicted octanol–water partition coefficient (Wildman–Crippen LogP) is 0.576. The minimum absolute atomic E-state index is 0.0597. The van der Waals surface area contributed by atoms with Crippen molar-refractivity contribution in [2.45, 2.75) is 0 Å². The molecular weight excluding hydrogens is 366 g/mol. The van der Waals surface area contributed by atoms with Gasteiger partial charge in [-0.3, -0.25) is 29.9 Å². The van der Waals surface area contributed by atoms with Crippen molar-refractivity contribution in [2.24, 2.45) is 5.92 Å². The summed E-state index contributed by atoms with van der Waals surface area (Å²) in [5.41, 5.74) is 0.610. The van der Waals surface area contributed by atoms with Gasteiger partial charge in [-0.2, -0.15) is 0 Å². The molecule has 0 saturated carbocycles. The number of urea groups is 1. The van der Waals surface area contributed by atoms with Crippen molar-refractivity contribution >= 4 is 58.1 Å². The average molecular weight is 377 g/mol. The standard InChI is InChI=1S/C15H11N3O5S2/c19-8-3-1-2-7(4-8)5-10-13(22)18(15(24)25-10)6-9-11(20)16-14(23)17-12(9)21/h1-5,9,19H,6H2,(H2,16,17,20,21,23)/b10-5-. The highest BCUT2D eigenvalue weighted by atomic mass is 32.2. The Morgan fingerprint density at radius 3 is 2.52 bits per heavy atom. The number of phenols is 1. The Labute approximate surface area is 151 Å². The first kappa shape index (κ1) is 17.1. The molecule has 0 radical (unpaired) electrons. The largest absolute Gasteiger partial charge is 0.508 e. The zero-order valence-electron chi connectivity index (χ0n) is 12.5. The number of benzene rings is 1. The van der Waals surface area contributed by atoms with Crippen LogP contribution in [0.4, 0.5) is 4.79 Å². The molecule has 2 heterocycles. The van der Waals surface area contributed by atoms with Crippen LogP contribution in [0, 0.1) is 5.92 Å². The molecule has 10 heteroatoms. The lowest BCUT2D eigenvalue weighted by atomic mass is 10.1. The normalized spacial score (nSPS) is 20.2. The second kappa shape index (κ2) is 6.65. The zero-order valence-corrected chi connectivity index (χ0v) is 14.1. The Morgan fingerprint density at radius 1 is 1.20 bits per heavy atom. The van der Waals surface area contributed by atoms with Crippen molar-refractivity contribution in [3.8, 4) is 5.75 Å². The maximum absolute atomic E-state index is 12.5. The lowest BCUT2D eigenvalue weighted by Crippen LogP contribution is -2.58. The quantitative estimate of drug-likeness (QED) is 0.401. The van der Waals surface area contributed by atoms with Crippen molar-refractivity contribution in [2.75, 3.05) is 6.54 Å². The lowest BCUT2D eigenvalue weighted by molar-refractivity contribution is -0.136. The number of thioether (sulfide) groups is 1. The molecular formula is C15H11N3O5S2. The van der Waals surface area contributed by atoms with Crippen LogP contribution >= 0.6 is 24.0 Å². The maximum atomic E-state index is 12.5. The van der Waals surface area contributed by atoms with Crippen molar-refractivity contribution < 1.29 is 24.3 Å². The molecule has 0 spiro atoms.